The highest BCUT2D eigenvalue weighted by molar-refractivity contribution is 5.90. The van der Waals surface area contributed by atoms with Crippen molar-refractivity contribution in [1.82, 2.24) is 10.6 Å². The van der Waals surface area contributed by atoms with Gasteiger partial charge in [-0.05, 0) is 12.5 Å². The fourth-order valence-corrected chi connectivity index (χ4v) is 1.51. The average Bonchev–Trinajstić information content (AvgIpc) is 2.70. The zero-order valence-electron chi connectivity index (χ0n) is 8.60. The van der Waals surface area contributed by atoms with Crippen LogP contribution in [0.15, 0.2) is 28.4 Å². The van der Waals surface area contributed by atoms with Gasteiger partial charge < -0.3 is 20.8 Å². The highest BCUT2D eigenvalue weighted by atomic mass is 16.4. The van der Waals surface area contributed by atoms with Crippen molar-refractivity contribution < 1.29 is 15.0 Å². The molecule has 6 nitrogen and oxygen atoms in total. The molecule has 1 aliphatic carbocycles. The van der Waals surface area contributed by atoms with Crippen molar-refractivity contribution in [1.29, 1.82) is 0 Å². The van der Waals surface area contributed by atoms with Crippen LogP contribution in [0.25, 0.3) is 0 Å². The molecular formula is C10H13N3O3. The van der Waals surface area contributed by atoms with E-state index in [-0.39, 0.29) is 0 Å². The van der Waals surface area contributed by atoms with Crippen molar-refractivity contribution >= 4 is 11.9 Å². The Bertz CT molecular complexity index is 398. The largest absolute Gasteiger partial charge is 0.478 e. The SMILES string of the molecule is O=C(O)C1=CC(NC2=NCC(O)CN2)=CC1. The minimum atomic E-state index is -0.901. The van der Waals surface area contributed by atoms with Gasteiger partial charge in [0.05, 0.1) is 12.6 Å². The summed E-state index contributed by atoms with van der Waals surface area (Å²) in [7, 11) is 0. The molecule has 1 atom stereocenters. The van der Waals surface area contributed by atoms with E-state index in [1.54, 1.807) is 12.2 Å². The minimum absolute atomic E-state index is 0.359. The normalized spacial score (nSPS) is 24.1. The molecule has 1 aliphatic heterocycles. The summed E-state index contributed by atoms with van der Waals surface area (Å²) in [6, 6.07) is 0. The Labute approximate surface area is 92.4 Å². The van der Waals surface area contributed by atoms with Crippen LogP contribution in [0, 0.1) is 0 Å². The van der Waals surface area contributed by atoms with Crippen molar-refractivity contribution in [3.8, 4) is 0 Å². The Morgan fingerprint density at radius 3 is 3.00 bits per heavy atom. The molecule has 0 radical (unpaired) electrons. The lowest BCUT2D eigenvalue weighted by atomic mass is 10.2. The molecule has 0 saturated heterocycles. The summed E-state index contributed by atoms with van der Waals surface area (Å²) < 4.78 is 0. The molecule has 0 aromatic rings. The molecular weight excluding hydrogens is 210 g/mol. The third-order valence-electron chi connectivity index (χ3n) is 2.37. The topological polar surface area (TPSA) is 94.0 Å². The van der Waals surface area contributed by atoms with Crippen LogP contribution in [0.1, 0.15) is 6.42 Å². The Kier molecular flexibility index (Phi) is 2.91. The van der Waals surface area contributed by atoms with Gasteiger partial charge in [0.15, 0.2) is 5.96 Å². The third-order valence-corrected chi connectivity index (χ3v) is 2.37. The van der Waals surface area contributed by atoms with E-state index in [9.17, 15) is 9.90 Å². The van der Waals surface area contributed by atoms with Crippen molar-refractivity contribution in [3.63, 3.8) is 0 Å². The van der Waals surface area contributed by atoms with E-state index < -0.39 is 12.1 Å². The molecule has 2 aliphatic rings. The maximum atomic E-state index is 10.7. The summed E-state index contributed by atoms with van der Waals surface area (Å²) in [5.41, 5.74) is 1.08. The molecule has 0 bridgehead atoms. The highest BCUT2D eigenvalue weighted by Gasteiger charge is 2.16. The van der Waals surface area contributed by atoms with Crippen LogP contribution >= 0.6 is 0 Å². The number of nitrogens with zero attached hydrogens (tertiary/aromatic N) is 1. The van der Waals surface area contributed by atoms with Gasteiger partial charge in [0.1, 0.15) is 0 Å². The molecule has 6 heteroatoms. The van der Waals surface area contributed by atoms with Gasteiger partial charge in [0, 0.05) is 17.8 Å². The molecule has 4 N–H and O–H groups in total. The van der Waals surface area contributed by atoms with Gasteiger partial charge >= 0.3 is 5.97 Å². The predicted octanol–water partition coefficient (Wildman–Crippen LogP) is -0.805. The summed E-state index contributed by atoms with van der Waals surface area (Å²) in [6.07, 6.45) is 3.34. The number of carboxylic acids is 1. The first-order valence-electron chi connectivity index (χ1n) is 5.02. The maximum Gasteiger partial charge on any atom is 0.331 e. The van der Waals surface area contributed by atoms with E-state index in [4.69, 9.17) is 5.11 Å². The number of aliphatic carboxylic acids is 1. The number of aliphatic hydroxyl groups is 1. The van der Waals surface area contributed by atoms with E-state index in [1.165, 1.54) is 0 Å². The lowest BCUT2D eigenvalue weighted by Gasteiger charge is -2.19. The van der Waals surface area contributed by atoms with Gasteiger partial charge in [-0.3, -0.25) is 4.99 Å². The Morgan fingerprint density at radius 1 is 1.62 bits per heavy atom. The number of allylic oxidation sites excluding steroid dienone is 2. The molecule has 0 spiro atoms. The standard InChI is InChI=1S/C10H13N3O3/c14-8-4-11-10(12-5-8)13-7-2-1-6(3-7)9(15)16/h2-3,8,14H,1,4-5H2,(H,15,16)(H2,11,12,13). The number of aliphatic hydroxyl groups excluding tert-OH is 1. The Hall–Kier alpha value is -1.82. The summed E-state index contributed by atoms with van der Waals surface area (Å²) in [5.74, 6) is -0.332. The minimum Gasteiger partial charge on any atom is -0.478 e. The summed E-state index contributed by atoms with van der Waals surface area (Å²) in [5, 5.41) is 23.8. The van der Waals surface area contributed by atoms with Crippen LogP contribution in [0.3, 0.4) is 0 Å². The van der Waals surface area contributed by atoms with Crippen LogP contribution < -0.4 is 10.6 Å². The Morgan fingerprint density at radius 2 is 2.44 bits per heavy atom. The van der Waals surface area contributed by atoms with Crippen LogP contribution in [0.5, 0.6) is 0 Å². The molecule has 16 heavy (non-hydrogen) atoms. The average molecular weight is 223 g/mol. The van der Waals surface area contributed by atoms with Crippen LogP contribution in [0.4, 0.5) is 0 Å². The third kappa shape index (κ3) is 2.40. The van der Waals surface area contributed by atoms with E-state index >= 15 is 0 Å². The maximum absolute atomic E-state index is 10.7. The molecule has 86 valence electrons. The molecule has 0 amide bonds. The van der Waals surface area contributed by atoms with Crippen molar-refractivity contribution in [2.24, 2.45) is 4.99 Å². The van der Waals surface area contributed by atoms with Gasteiger partial charge in [-0.15, -0.1) is 0 Å². The summed E-state index contributed by atoms with van der Waals surface area (Å²) >= 11 is 0. The smallest absolute Gasteiger partial charge is 0.331 e. The predicted molar refractivity (Wildman–Crippen MR) is 57.9 cm³/mol. The summed E-state index contributed by atoms with van der Waals surface area (Å²) in [6.45, 7) is 0.812. The quantitative estimate of drug-likeness (QED) is 0.491. The second-order valence-electron chi connectivity index (χ2n) is 3.69. The second kappa shape index (κ2) is 4.36. The molecule has 0 aromatic heterocycles. The molecule has 2 rings (SSSR count). The van der Waals surface area contributed by atoms with Crippen LogP contribution in [-0.4, -0.2) is 41.3 Å². The first kappa shape index (κ1) is 10.7. The monoisotopic (exact) mass is 223 g/mol. The van der Waals surface area contributed by atoms with E-state index in [2.05, 4.69) is 15.6 Å². The number of aliphatic imine (C=N–C) groups is 1. The number of carboxylic acid groups (broad SMARTS) is 1. The number of carbonyl (C=O) groups is 1. The van der Waals surface area contributed by atoms with E-state index in [0.29, 0.717) is 31.0 Å². The zero-order chi connectivity index (χ0) is 11.5. The first-order valence-corrected chi connectivity index (χ1v) is 5.02. The Balaban J connectivity index is 1.94. The number of β-amino-alcohol motifs (C(OH)–C–C–N with tert-alkyl or cyclic N) is 1. The first-order chi connectivity index (χ1) is 7.65. The van der Waals surface area contributed by atoms with E-state index in [1.807, 2.05) is 0 Å². The fourth-order valence-electron chi connectivity index (χ4n) is 1.51. The molecule has 1 heterocycles. The lowest BCUT2D eigenvalue weighted by Crippen LogP contribution is -2.45. The zero-order valence-corrected chi connectivity index (χ0v) is 8.60. The van der Waals surface area contributed by atoms with Crippen LogP contribution in [0.2, 0.25) is 0 Å². The number of guanidine groups is 1. The van der Waals surface area contributed by atoms with Crippen LogP contribution in [-0.2, 0) is 4.79 Å². The number of rotatable bonds is 2. The lowest BCUT2D eigenvalue weighted by molar-refractivity contribution is -0.132. The molecule has 1 unspecified atom stereocenters. The van der Waals surface area contributed by atoms with Crippen molar-refractivity contribution in [2.75, 3.05) is 13.1 Å². The van der Waals surface area contributed by atoms with Gasteiger partial charge in [-0.2, -0.15) is 0 Å². The summed E-state index contributed by atoms with van der Waals surface area (Å²) in [4.78, 5) is 14.7. The fraction of sp³-hybridized carbons (Fsp3) is 0.400. The van der Waals surface area contributed by atoms with Gasteiger partial charge in [-0.1, -0.05) is 6.08 Å². The van der Waals surface area contributed by atoms with Crippen molar-refractivity contribution in [3.05, 3.63) is 23.4 Å². The number of nitrogens with one attached hydrogen (secondary N) is 2. The highest BCUT2D eigenvalue weighted by Crippen LogP contribution is 2.15. The van der Waals surface area contributed by atoms with Gasteiger partial charge in [-0.25, -0.2) is 4.79 Å². The molecule has 0 saturated carbocycles. The van der Waals surface area contributed by atoms with E-state index in [0.717, 1.165) is 5.70 Å². The number of hydrogen-bond donors (Lipinski definition) is 4. The second-order valence-corrected chi connectivity index (χ2v) is 3.69. The molecule has 0 fully saturated rings. The van der Waals surface area contributed by atoms with Crippen molar-refractivity contribution in [2.45, 2.75) is 12.5 Å². The van der Waals surface area contributed by atoms with Gasteiger partial charge in [0.25, 0.3) is 0 Å². The van der Waals surface area contributed by atoms with Gasteiger partial charge in [0.2, 0.25) is 0 Å². The molecule has 0 aromatic carbocycles. The number of hydrogen-bond acceptors (Lipinski definition) is 5.